The molecule has 18 heavy (non-hydrogen) atoms. The zero-order valence-electron chi connectivity index (χ0n) is 9.80. The Hall–Kier alpha value is -1.14. The van der Waals surface area contributed by atoms with Gasteiger partial charge in [0.15, 0.2) is 0 Å². The van der Waals surface area contributed by atoms with Gasteiger partial charge in [-0.25, -0.2) is 0 Å². The Balaban J connectivity index is 1.57. The van der Waals surface area contributed by atoms with Crippen LogP contribution in [-0.4, -0.2) is 36.1 Å². The van der Waals surface area contributed by atoms with Gasteiger partial charge in [0, 0.05) is 44.3 Å². The van der Waals surface area contributed by atoms with Gasteiger partial charge in [0.2, 0.25) is 0 Å². The minimum Gasteiger partial charge on any atom is -0.315 e. The zero-order valence-corrected chi connectivity index (χ0v) is 9.80. The minimum absolute atomic E-state index is 0.436. The first-order valence-corrected chi connectivity index (χ1v) is 5.92. The fourth-order valence-corrected chi connectivity index (χ4v) is 2.63. The van der Waals surface area contributed by atoms with Crippen LogP contribution in [0, 0.1) is 5.41 Å². The zero-order chi connectivity index (χ0) is 12.8. The van der Waals surface area contributed by atoms with Crippen LogP contribution in [-0.2, 0) is 12.7 Å². The fraction of sp³-hybridized carbons (Fsp3) is 0.583. The van der Waals surface area contributed by atoms with E-state index in [2.05, 4.69) is 15.2 Å². The van der Waals surface area contributed by atoms with E-state index >= 15 is 0 Å². The van der Waals surface area contributed by atoms with Crippen molar-refractivity contribution in [3.63, 3.8) is 0 Å². The van der Waals surface area contributed by atoms with Crippen molar-refractivity contribution in [1.29, 1.82) is 0 Å². The van der Waals surface area contributed by atoms with Crippen molar-refractivity contribution in [1.82, 2.24) is 15.2 Å². The summed E-state index contributed by atoms with van der Waals surface area (Å²) in [4.78, 5) is 6.10. The van der Waals surface area contributed by atoms with Crippen LogP contribution in [0.25, 0.3) is 0 Å². The maximum Gasteiger partial charge on any atom is 0.417 e. The van der Waals surface area contributed by atoms with Crippen LogP contribution >= 0.6 is 0 Å². The molecule has 2 aliphatic heterocycles. The first-order chi connectivity index (χ1) is 8.47. The van der Waals surface area contributed by atoms with Crippen LogP contribution in [0.1, 0.15) is 11.3 Å². The largest absolute Gasteiger partial charge is 0.417 e. The van der Waals surface area contributed by atoms with Gasteiger partial charge in [-0.2, -0.15) is 13.2 Å². The van der Waals surface area contributed by atoms with E-state index in [9.17, 15) is 13.2 Å². The number of nitrogens with zero attached hydrogens (tertiary/aromatic N) is 2. The van der Waals surface area contributed by atoms with Crippen molar-refractivity contribution in [2.75, 3.05) is 26.2 Å². The number of nitrogens with one attached hydrogen (secondary N) is 1. The lowest BCUT2D eigenvalue weighted by molar-refractivity contribution is -0.137. The van der Waals surface area contributed by atoms with Gasteiger partial charge in [-0.05, 0) is 12.1 Å². The van der Waals surface area contributed by atoms with Gasteiger partial charge in [-0.3, -0.25) is 9.88 Å². The molecule has 3 rings (SSSR count). The predicted molar refractivity (Wildman–Crippen MR) is 59.8 cm³/mol. The molecule has 1 spiro atoms. The summed E-state index contributed by atoms with van der Waals surface area (Å²) in [7, 11) is 0. The molecular formula is C12H14F3N3. The van der Waals surface area contributed by atoms with Gasteiger partial charge >= 0.3 is 6.18 Å². The first-order valence-electron chi connectivity index (χ1n) is 5.92. The topological polar surface area (TPSA) is 28.2 Å². The molecule has 2 fully saturated rings. The normalized spacial score (nSPS) is 22.6. The highest BCUT2D eigenvalue weighted by molar-refractivity contribution is 5.17. The number of likely N-dealkylation sites (tertiary alicyclic amines) is 1. The minimum atomic E-state index is -4.30. The Labute approximate surface area is 103 Å². The highest BCUT2D eigenvalue weighted by atomic mass is 19.4. The predicted octanol–water partition coefficient (Wildman–Crippen LogP) is 1.51. The summed E-state index contributed by atoms with van der Waals surface area (Å²) < 4.78 is 37.1. The van der Waals surface area contributed by atoms with E-state index in [1.54, 1.807) is 0 Å². The Kier molecular flexibility index (Phi) is 2.60. The number of halogens is 3. The molecule has 3 heterocycles. The van der Waals surface area contributed by atoms with Crippen LogP contribution < -0.4 is 5.32 Å². The third-order valence-electron chi connectivity index (χ3n) is 3.66. The molecule has 3 nitrogen and oxygen atoms in total. The molecule has 2 aliphatic rings. The molecule has 2 saturated heterocycles. The number of hydrogen-bond acceptors (Lipinski definition) is 3. The smallest absolute Gasteiger partial charge is 0.315 e. The lowest BCUT2D eigenvalue weighted by Gasteiger charge is -2.56. The van der Waals surface area contributed by atoms with E-state index in [1.165, 1.54) is 6.07 Å². The quantitative estimate of drug-likeness (QED) is 0.870. The van der Waals surface area contributed by atoms with Gasteiger partial charge in [0.25, 0.3) is 0 Å². The second kappa shape index (κ2) is 3.93. The molecule has 1 aromatic rings. The lowest BCUT2D eigenvalue weighted by atomic mass is 9.74. The Morgan fingerprint density at radius 3 is 2.44 bits per heavy atom. The number of rotatable bonds is 2. The van der Waals surface area contributed by atoms with E-state index in [0.29, 0.717) is 17.7 Å². The molecule has 0 aromatic carbocycles. The molecule has 1 aromatic heterocycles. The molecule has 0 unspecified atom stereocenters. The number of alkyl halides is 3. The van der Waals surface area contributed by atoms with Gasteiger partial charge in [-0.15, -0.1) is 0 Å². The highest BCUT2D eigenvalue weighted by Gasteiger charge is 2.47. The number of aromatic nitrogens is 1. The Morgan fingerprint density at radius 2 is 2.00 bits per heavy atom. The molecule has 0 saturated carbocycles. The monoisotopic (exact) mass is 257 g/mol. The van der Waals surface area contributed by atoms with Gasteiger partial charge in [0.1, 0.15) is 0 Å². The Morgan fingerprint density at radius 1 is 1.28 bits per heavy atom. The maximum absolute atomic E-state index is 12.4. The van der Waals surface area contributed by atoms with Crippen molar-refractivity contribution in [3.05, 3.63) is 29.6 Å². The molecule has 0 atom stereocenters. The van der Waals surface area contributed by atoms with E-state index in [-0.39, 0.29) is 0 Å². The first kappa shape index (κ1) is 11.9. The molecule has 1 N–H and O–H groups in total. The van der Waals surface area contributed by atoms with Crippen molar-refractivity contribution < 1.29 is 13.2 Å². The summed E-state index contributed by atoms with van der Waals surface area (Å²) >= 11 is 0. The van der Waals surface area contributed by atoms with Crippen LogP contribution in [0.2, 0.25) is 0 Å². The average molecular weight is 257 g/mol. The summed E-state index contributed by atoms with van der Waals surface area (Å²) in [6, 6.07) is 2.57. The molecular weight excluding hydrogens is 243 g/mol. The van der Waals surface area contributed by atoms with Gasteiger partial charge in [-0.1, -0.05) is 0 Å². The SMILES string of the molecule is FC(F)(F)c1ccc(CN2CC3(CNC3)C2)nc1. The number of hydrogen-bond donors (Lipinski definition) is 1. The van der Waals surface area contributed by atoms with Crippen LogP contribution in [0.4, 0.5) is 13.2 Å². The summed E-state index contributed by atoms with van der Waals surface area (Å²) in [5, 5.41) is 3.25. The highest BCUT2D eigenvalue weighted by Crippen LogP contribution is 2.35. The third-order valence-corrected chi connectivity index (χ3v) is 3.66. The van der Waals surface area contributed by atoms with Gasteiger partial charge in [0.05, 0.1) is 11.3 Å². The van der Waals surface area contributed by atoms with E-state index in [4.69, 9.17) is 0 Å². The standard InChI is InChI=1S/C12H14F3N3/c13-12(14,15)9-1-2-10(17-3-9)4-18-7-11(8-18)5-16-6-11/h1-3,16H,4-8H2. The second-order valence-electron chi connectivity index (χ2n) is 5.28. The summed E-state index contributed by atoms with van der Waals surface area (Å²) in [5.41, 5.74) is 0.450. The number of pyridine rings is 1. The Bertz CT molecular complexity index is 429. The van der Waals surface area contributed by atoms with Crippen LogP contribution in [0.5, 0.6) is 0 Å². The summed E-state index contributed by atoms with van der Waals surface area (Å²) in [6.07, 6.45) is -3.39. The van der Waals surface area contributed by atoms with Crippen molar-refractivity contribution in [2.45, 2.75) is 12.7 Å². The maximum atomic E-state index is 12.4. The summed E-state index contributed by atoms with van der Waals surface area (Å²) in [6.45, 7) is 4.79. The van der Waals surface area contributed by atoms with Crippen LogP contribution in [0.3, 0.4) is 0 Å². The molecule has 98 valence electrons. The van der Waals surface area contributed by atoms with Crippen molar-refractivity contribution >= 4 is 0 Å². The van der Waals surface area contributed by atoms with Crippen LogP contribution in [0.15, 0.2) is 18.3 Å². The summed E-state index contributed by atoms with van der Waals surface area (Å²) in [5.74, 6) is 0. The molecule has 0 bridgehead atoms. The molecule has 6 heteroatoms. The molecule has 0 amide bonds. The van der Waals surface area contributed by atoms with E-state index in [0.717, 1.165) is 38.4 Å². The van der Waals surface area contributed by atoms with Crippen molar-refractivity contribution in [2.24, 2.45) is 5.41 Å². The van der Waals surface area contributed by atoms with E-state index < -0.39 is 11.7 Å². The second-order valence-corrected chi connectivity index (χ2v) is 5.28. The fourth-order valence-electron chi connectivity index (χ4n) is 2.63. The third kappa shape index (κ3) is 2.10. The molecule has 0 radical (unpaired) electrons. The average Bonchev–Trinajstić information content (AvgIpc) is 2.19. The van der Waals surface area contributed by atoms with Gasteiger partial charge < -0.3 is 5.32 Å². The van der Waals surface area contributed by atoms with Crippen molar-refractivity contribution in [3.8, 4) is 0 Å². The lowest BCUT2D eigenvalue weighted by Crippen LogP contribution is -2.70. The molecule has 0 aliphatic carbocycles. The van der Waals surface area contributed by atoms with E-state index in [1.807, 2.05) is 0 Å².